The topological polar surface area (TPSA) is 58.7 Å². The van der Waals surface area contributed by atoms with Crippen molar-refractivity contribution in [2.45, 2.75) is 25.5 Å². The predicted octanol–water partition coefficient (Wildman–Crippen LogP) is 9.41. The summed E-state index contributed by atoms with van der Waals surface area (Å²) < 4.78 is 35.0. The molecule has 0 saturated heterocycles. The number of rotatable bonds is 9. The van der Waals surface area contributed by atoms with Crippen molar-refractivity contribution in [2.24, 2.45) is 0 Å². The van der Waals surface area contributed by atoms with Crippen molar-refractivity contribution in [3.63, 3.8) is 0 Å². The molecule has 0 bridgehead atoms. The van der Waals surface area contributed by atoms with Gasteiger partial charge in [-0.05, 0) is 95.1 Å². The summed E-state index contributed by atoms with van der Waals surface area (Å²) in [5.74, 6) is -0.236. The van der Waals surface area contributed by atoms with Crippen LogP contribution in [0.2, 0.25) is 0 Å². The first-order chi connectivity index (χ1) is 21.2. The summed E-state index contributed by atoms with van der Waals surface area (Å²) in [5.41, 5.74) is 12.2. The van der Waals surface area contributed by atoms with Crippen LogP contribution in [0.1, 0.15) is 47.7 Å². The first-order valence-electron chi connectivity index (χ1n) is 14.4. The average Bonchev–Trinajstić information content (AvgIpc) is 3.02. The van der Waals surface area contributed by atoms with E-state index in [0.29, 0.717) is 22.5 Å². The Bertz CT molecular complexity index is 1670. The molecule has 6 heteroatoms. The summed E-state index contributed by atoms with van der Waals surface area (Å²) in [5, 5.41) is 10.9. The van der Waals surface area contributed by atoms with Gasteiger partial charge in [-0.3, -0.25) is 0 Å². The fourth-order valence-electron chi connectivity index (χ4n) is 4.78. The van der Waals surface area contributed by atoms with Crippen molar-refractivity contribution in [1.82, 2.24) is 0 Å². The number of halogens is 2. The van der Waals surface area contributed by atoms with Gasteiger partial charge >= 0.3 is 0 Å². The number of hydrogen-bond acceptors (Lipinski definition) is 4. The van der Waals surface area contributed by atoms with E-state index in [0.717, 1.165) is 36.1 Å². The third kappa shape index (κ3) is 7.91. The molecule has 1 atom stereocenters. The smallest absolute Gasteiger partial charge is 0.155 e. The van der Waals surface area contributed by atoms with Crippen LogP contribution >= 0.6 is 0 Å². The first-order valence-corrected chi connectivity index (χ1v) is 14.4. The lowest BCUT2D eigenvalue weighted by Crippen LogP contribution is -2.24. The van der Waals surface area contributed by atoms with E-state index < -0.39 is 17.9 Å². The summed E-state index contributed by atoms with van der Waals surface area (Å²) in [6.45, 7) is 7.38. The van der Waals surface area contributed by atoms with Gasteiger partial charge in [-0.25, -0.2) is 8.78 Å². The number of nitrogen functional groups attached to an aromatic ring is 1. The number of hydrogen-bond donors (Lipinski definition) is 2. The molecule has 0 aromatic heterocycles. The molecule has 0 heterocycles. The number of benzene rings is 4. The van der Waals surface area contributed by atoms with Crippen molar-refractivity contribution >= 4 is 29.6 Å². The van der Waals surface area contributed by atoms with Crippen molar-refractivity contribution in [2.75, 3.05) is 24.8 Å². The van der Waals surface area contributed by atoms with Gasteiger partial charge in [-0.2, -0.15) is 0 Å². The zero-order chi connectivity index (χ0) is 31.6. The van der Waals surface area contributed by atoms with Crippen LogP contribution in [0, 0.1) is 11.6 Å². The molecule has 4 aromatic carbocycles. The Kier molecular flexibility index (Phi) is 10.9. The highest BCUT2D eigenvalue weighted by atomic mass is 19.1. The highest BCUT2D eigenvalue weighted by Gasteiger charge is 2.20. The molecule has 4 nitrogen and oxygen atoms in total. The van der Waals surface area contributed by atoms with E-state index >= 15 is 4.39 Å². The van der Waals surface area contributed by atoms with Crippen LogP contribution in [0.15, 0.2) is 115 Å². The van der Waals surface area contributed by atoms with Gasteiger partial charge in [0.05, 0.1) is 7.11 Å². The fraction of sp³-hybridized carbons (Fsp3) is 0.158. The largest absolute Gasteiger partial charge is 0.497 e. The van der Waals surface area contributed by atoms with E-state index in [1.165, 1.54) is 40.3 Å². The van der Waals surface area contributed by atoms with Crippen LogP contribution in [0.4, 0.5) is 20.2 Å². The van der Waals surface area contributed by atoms with Crippen LogP contribution in [0.5, 0.6) is 0 Å². The lowest BCUT2D eigenvalue weighted by Gasteiger charge is -2.27. The van der Waals surface area contributed by atoms with Crippen molar-refractivity contribution < 1.29 is 18.6 Å². The summed E-state index contributed by atoms with van der Waals surface area (Å²) in [4.78, 5) is 1.43. The minimum Gasteiger partial charge on any atom is -0.497 e. The zero-order valence-electron chi connectivity index (χ0n) is 25.1. The summed E-state index contributed by atoms with van der Waals surface area (Å²) in [6, 6.07) is 24.5. The minimum absolute atomic E-state index is 0.0818. The van der Waals surface area contributed by atoms with E-state index in [1.807, 2.05) is 48.6 Å². The predicted molar refractivity (Wildman–Crippen MR) is 180 cm³/mol. The SMILES string of the molecule is C=Cc1cc(-c2ccc(C(O)N(C)c3cc(F)cc(/C=C/C(OC)=C4CCC4)c3)c(F)c2)ccc1N.C=Cc1ccccc1. The maximum atomic E-state index is 15.1. The standard InChI is InChI=1S/C30H30F2N2O2.C8H8/c1-4-20-16-22(10-12-28(20)33)23-9-11-26(27(32)17-23)30(35)34(2)25-15-19(14-24(31)18-25)8-13-29(36-3)21-6-5-7-21;1-2-8-6-4-3-5-7-8/h4,8-18,30,35H,1,5-7,33H2,2-3H3;2-7H,1H2/b13-8+;. The highest BCUT2D eigenvalue weighted by Crippen LogP contribution is 2.32. The maximum absolute atomic E-state index is 15.1. The first kappa shape index (κ1) is 32.0. The maximum Gasteiger partial charge on any atom is 0.155 e. The molecule has 1 aliphatic rings. The molecule has 0 spiro atoms. The Balaban J connectivity index is 0.000000479. The van der Waals surface area contributed by atoms with Crippen LogP contribution in [0.25, 0.3) is 29.4 Å². The Morgan fingerprint density at radius 3 is 2.20 bits per heavy atom. The number of aliphatic hydroxyl groups is 1. The number of nitrogens with two attached hydrogens (primary N) is 1. The van der Waals surface area contributed by atoms with Crippen molar-refractivity contribution in [3.8, 4) is 11.1 Å². The van der Waals surface area contributed by atoms with Crippen LogP contribution in [-0.4, -0.2) is 19.3 Å². The van der Waals surface area contributed by atoms with Crippen LogP contribution in [0.3, 0.4) is 0 Å². The number of nitrogens with zero attached hydrogens (tertiary/aromatic N) is 1. The minimum atomic E-state index is -1.32. The van der Waals surface area contributed by atoms with Crippen LogP contribution < -0.4 is 10.6 Å². The molecule has 4 aromatic rings. The van der Waals surface area contributed by atoms with E-state index in [2.05, 4.69) is 13.2 Å². The number of aliphatic hydroxyl groups excluding tert-OH is 1. The quantitative estimate of drug-likeness (QED) is 0.115. The zero-order valence-corrected chi connectivity index (χ0v) is 25.1. The van der Waals surface area contributed by atoms with Gasteiger partial charge in [0.15, 0.2) is 6.23 Å². The monoisotopic (exact) mass is 592 g/mol. The molecule has 1 aliphatic carbocycles. The van der Waals surface area contributed by atoms with Gasteiger partial charge in [0.25, 0.3) is 0 Å². The molecule has 0 aliphatic heterocycles. The lowest BCUT2D eigenvalue weighted by atomic mass is 9.91. The number of allylic oxidation sites excluding steroid dienone is 2. The second-order valence-corrected chi connectivity index (χ2v) is 10.5. The molecule has 44 heavy (non-hydrogen) atoms. The van der Waals surface area contributed by atoms with Crippen LogP contribution in [-0.2, 0) is 4.74 Å². The molecule has 1 fully saturated rings. The molecule has 1 saturated carbocycles. The van der Waals surface area contributed by atoms with E-state index in [-0.39, 0.29) is 5.56 Å². The molecule has 5 rings (SSSR count). The van der Waals surface area contributed by atoms with Crippen molar-refractivity contribution in [1.29, 1.82) is 0 Å². The number of ether oxygens (including phenoxy) is 1. The second-order valence-electron chi connectivity index (χ2n) is 10.5. The second kappa shape index (κ2) is 15.0. The van der Waals surface area contributed by atoms with Gasteiger partial charge in [0.2, 0.25) is 0 Å². The van der Waals surface area contributed by atoms with Gasteiger partial charge in [-0.1, -0.05) is 79.9 Å². The van der Waals surface area contributed by atoms with Crippen molar-refractivity contribution in [3.05, 3.63) is 149 Å². The Hall–Kier alpha value is -4.94. The van der Waals surface area contributed by atoms with Gasteiger partial charge in [0, 0.05) is 24.0 Å². The molecular weight excluding hydrogens is 554 g/mol. The van der Waals surface area contributed by atoms with E-state index in [1.54, 1.807) is 50.6 Å². The van der Waals surface area contributed by atoms with Gasteiger partial charge in [0.1, 0.15) is 17.4 Å². The molecule has 0 amide bonds. The molecule has 3 N–H and O–H groups in total. The molecular formula is C38H38F2N2O2. The summed E-state index contributed by atoms with van der Waals surface area (Å²) >= 11 is 0. The summed E-state index contributed by atoms with van der Waals surface area (Å²) in [7, 11) is 3.21. The van der Waals surface area contributed by atoms with E-state index in [9.17, 15) is 9.50 Å². The molecule has 0 radical (unpaired) electrons. The van der Waals surface area contributed by atoms with Gasteiger partial charge < -0.3 is 20.5 Å². The molecule has 226 valence electrons. The normalized spacial score (nSPS) is 12.9. The average molecular weight is 593 g/mol. The van der Waals surface area contributed by atoms with Gasteiger partial charge in [-0.15, -0.1) is 0 Å². The van der Waals surface area contributed by atoms with E-state index in [4.69, 9.17) is 10.5 Å². The highest BCUT2D eigenvalue weighted by molar-refractivity contribution is 5.73. The Labute approximate surface area is 258 Å². The third-order valence-corrected chi connectivity index (χ3v) is 7.59. The molecule has 1 unspecified atom stereocenters. The summed E-state index contributed by atoms with van der Waals surface area (Å²) in [6.07, 6.45) is 8.93. The third-order valence-electron chi connectivity index (χ3n) is 7.59. The lowest BCUT2D eigenvalue weighted by molar-refractivity contribution is 0.173. The number of anilines is 2. The Morgan fingerprint density at radius 2 is 1.61 bits per heavy atom. The number of methoxy groups -OCH3 is 1. The fourth-order valence-corrected chi connectivity index (χ4v) is 4.78. The Morgan fingerprint density at radius 1 is 0.909 bits per heavy atom.